The molecule has 0 heterocycles. The van der Waals surface area contributed by atoms with E-state index in [4.69, 9.17) is 15.7 Å². The summed E-state index contributed by atoms with van der Waals surface area (Å²) in [5.41, 5.74) is 6.05. The summed E-state index contributed by atoms with van der Waals surface area (Å²) < 4.78 is 5.03. The first-order valence-electron chi connectivity index (χ1n) is 5.79. The van der Waals surface area contributed by atoms with Gasteiger partial charge in [-0.15, -0.1) is 0 Å². The number of hydrogen-bond acceptors (Lipinski definition) is 4. The summed E-state index contributed by atoms with van der Waals surface area (Å²) >= 11 is 0. The van der Waals surface area contributed by atoms with Gasteiger partial charge in [-0.25, -0.2) is 0 Å². The molecule has 19 heavy (non-hydrogen) atoms. The SMILES string of the molecule is COCC(C)(C)NC(=O)c1ccc(/C(N)=N/O)cc1. The Morgan fingerprint density at radius 2 is 1.89 bits per heavy atom. The van der Waals surface area contributed by atoms with Crippen LogP contribution in [0.2, 0.25) is 0 Å². The molecule has 104 valence electrons. The number of amides is 1. The normalized spacial score (nSPS) is 12.3. The van der Waals surface area contributed by atoms with Crippen LogP contribution in [0.3, 0.4) is 0 Å². The van der Waals surface area contributed by atoms with Gasteiger partial charge in [0, 0.05) is 18.2 Å². The smallest absolute Gasteiger partial charge is 0.251 e. The molecule has 0 atom stereocenters. The van der Waals surface area contributed by atoms with Gasteiger partial charge in [0.15, 0.2) is 5.84 Å². The summed E-state index contributed by atoms with van der Waals surface area (Å²) in [6.45, 7) is 4.17. The van der Waals surface area contributed by atoms with Crippen LogP contribution in [0.1, 0.15) is 29.8 Å². The van der Waals surface area contributed by atoms with Crippen molar-refractivity contribution in [3.05, 3.63) is 35.4 Å². The molecule has 1 amide bonds. The maximum Gasteiger partial charge on any atom is 0.251 e. The Morgan fingerprint density at radius 3 is 2.37 bits per heavy atom. The molecule has 0 spiro atoms. The van der Waals surface area contributed by atoms with E-state index >= 15 is 0 Å². The van der Waals surface area contributed by atoms with Gasteiger partial charge in [-0.3, -0.25) is 4.79 Å². The fourth-order valence-electron chi connectivity index (χ4n) is 1.63. The van der Waals surface area contributed by atoms with Crippen LogP contribution < -0.4 is 11.1 Å². The molecule has 0 saturated heterocycles. The van der Waals surface area contributed by atoms with Crippen molar-refractivity contribution >= 4 is 11.7 Å². The molecule has 1 aromatic rings. The molecule has 0 aliphatic rings. The Balaban J connectivity index is 2.79. The number of methoxy groups -OCH3 is 1. The van der Waals surface area contributed by atoms with E-state index in [1.807, 2.05) is 13.8 Å². The van der Waals surface area contributed by atoms with E-state index in [-0.39, 0.29) is 11.7 Å². The van der Waals surface area contributed by atoms with E-state index in [2.05, 4.69) is 10.5 Å². The maximum absolute atomic E-state index is 12.0. The standard InChI is InChI=1S/C13H19N3O3/c1-13(2,8-19-3)15-12(17)10-6-4-9(5-7-10)11(14)16-18/h4-7,18H,8H2,1-3H3,(H2,14,16)(H,15,17). The number of nitrogens with two attached hydrogens (primary N) is 1. The molecule has 0 radical (unpaired) electrons. The minimum atomic E-state index is -0.448. The van der Waals surface area contributed by atoms with E-state index < -0.39 is 5.54 Å². The number of benzene rings is 1. The topological polar surface area (TPSA) is 96.9 Å². The first-order valence-corrected chi connectivity index (χ1v) is 5.79. The van der Waals surface area contributed by atoms with Crippen molar-refractivity contribution in [3.63, 3.8) is 0 Å². The van der Waals surface area contributed by atoms with Gasteiger partial charge in [0.2, 0.25) is 0 Å². The number of hydrogen-bond donors (Lipinski definition) is 3. The molecule has 6 heteroatoms. The van der Waals surface area contributed by atoms with Crippen LogP contribution in [0.4, 0.5) is 0 Å². The third-order valence-corrected chi connectivity index (χ3v) is 2.51. The van der Waals surface area contributed by atoms with Gasteiger partial charge in [-0.05, 0) is 26.0 Å². The second kappa shape index (κ2) is 6.19. The highest BCUT2D eigenvalue weighted by molar-refractivity contribution is 5.99. The molecule has 0 unspecified atom stereocenters. The number of ether oxygens (including phenoxy) is 1. The van der Waals surface area contributed by atoms with Crippen LogP contribution in [-0.4, -0.2) is 36.2 Å². The molecule has 1 aromatic carbocycles. The number of carbonyl (C=O) groups is 1. The van der Waals surface area contributed by atoms with Gasteiger partial charge in [0.1, 0.15) is 0 Å². The highest BCUT2D eigenvalue weighted by Gasteiger charge is 2.20. The monoisotopic (exact) mass is 265 g/mol. The third-order valence-electron chi connectivity index (χ3n) is 2.51. The van der Waals surface area contributed by atoms with Crippen molar-refractivity contribution in [2.24, 2.45) is 10.9 Å². The number of nitrogens with one attached hydrogen (secondary N) is 1. The molecule has 0 aliphatic carbocycles. The molecular formula is C13H19N3O3. The Kier molecular flexibility index (Phi) is 4.88. The van der Waals surface area contributed by atoms with Crippen LogP contribution in [0, 0.1) is 0 Å². The van der Waals surface area contributed by atoms with Crippen LogP contribution in [-0.2, 0) is 4.74 Å². The van der Waals surface area contributed by atoms with Crippen molar-refractivity contribution in [1.29, 1.82) is 0 Å². The zero-order chi connectivity index (χ0) is 14.5. The number of rotatable bonds is 5. The van der Waals surface area contributed by atoms with Crippen molar-refractivity contribution in [1.82, 2.24) is 5.32 Å². The summed E-state index contributed by atoms with van der Waals surface area (Å²) in [4.78, 5) is 12.0. The number of carbonyl (C=O) groups excluding carboxylic acids is 1. The Morgan fingerprint density at radius 1 is 1.37 bits per heavy atom. The van der Waals surface area contributed by atoms with Gasteiger partial charge < -0.3 is 21.0 Å². The summed E-state index contributed by atoms with van der Waals surface area (Å²) in [5.74, 6) is -0.195. The zero-order valence-electron chi connectivity index (χ0n) is 11.3. The number of amidine groups is 1. The van der Waals surface area contributed by atoms with Gasteiger partial charge in [0.25, 0.3) is 5.91 Å². The van der Waals surface area contributed by atoms with Gasteiger partial charge in [-0.2, -0.15) is 0 Å². The minimum Gasteiger partial charge on any atom is -0.409 e. The zero-order valence-corrected chi connectivity index (χ0v) is 11.3. The fraction of sp³-hybridized carbons (Fsp3) is 0.385. The average molecular weight is 265 g/mol. The fourth-order valence-corrected chi connectivity index (χ4v) is 1.63. The van der Waals surface area contributed by atoms with E-state index in [9.17, 15) is 4.79 Å². The first-order chi connectivity index (χ1) is 8.89. The number of oxime groups is 1. The minimum absolute atomic E-state index is 0.00618. The molecular weight excluding hydrogens is 246 g/mol. The lowest BCUT2D eigenvalue weighted by molar-refractivity contribution is 0.0820. The second-order valence-electron chi connectivity index (χ2n) is 4.83. The van der Waals surface area contributed by atoms with E-state index in [1.54, 1.807) is 31.4 Å². The van der Waals surface area contributed by atoms with E-state index in [0.29, 0.717) is 17.7 Å². The molecule has 6 nitrogen and oxygen atoms in total. The van der Waals surface area contributed by atoms with Gasteiger partial charge in [0.05, 0.1) is 12.1 Å². The van der Waals surface area contributed by atoms with Gasteiger partial charge in [-0.1, -0.05) is 17.3 Å². The Bertz CT molecular complexity index is 467. The summed E-state index contributed by atoms with van der Waals surface area (Å²) in [5, 5.41) is 14.3. The van der Waals surface area contributed by atoms with Gasteiger partial charge >= 0.3 is 0 Å². The lowest BCUT2D eigenvalue weighted by atomic mass is 10.1. The van der Waals surface area contributed by atoms with Crippen LogP contribution in [0.5, 0.6) is 0 Å². The summed E-state index contributed by atoms with van der Waals surface area (Å²) in [7, 11) is 1.58. The molecule has 0 saturated carbocycles. The molecule has 0 bridgehead atoms. The van der Waals surface area contributed by atoms with Crippen LogP contribution in [0.25, 0.3) is 0 Å². The van der Waals surface area contributed by atoms with Crippen molar-refractivity contribution in [2.45, 2.75) is 19.4 Å². The Hall–Kier alpha value is -2.08. The number of nitrogens with zero attached hydrogens (tertiary/aromatic N) is 1. The maximum atomic E-state index is 12.0. The van der Waals surface area contributed by atoms with E-state index in [0.717, 1.165) is 0 Å². The molecule has 0 fully saturated rings. The van der Waals surface area contributed by atoms with Crippen molar-refractivity contribution < 1.29 is 14.7 Å². The third kappa shape index (κ3) is 4.26. The van der Waals surface area contributed by atoms with E-state index in [1.165, 1.54) is 0 Å². The highest BCUT2D eigenvalue weighted by atomic mass is 16.5. The second-order valence-corrected chi connectivity index (χ2v) is 4.83. The predicted molar refractivity (Wildman–Crippen MR) is 72.4 cm³/mol. The lowest BCUT2D eigenvalue weighted by Crippen LogP contribution is -2.46. The summed E-state index contributed by atoms with van der Waals surface area (Å²) in [6.07, 6.45) is 0. The molecule has 0 aliphatic heterocycles. The lowest BCUT2D eigenvalue weighted by Gasteiger charge is -2.25. The first kappa shape index (κ1) is 15.0. The van der Waals surface area contributed by atoms with Crippen LogP contribution in [0.15, 0.2) is 29.4 Å². The van der Waals surface area contributed by atoms with Crippen molar-refractivity contribution in [2.75, 3.05) is 13.7 Å². The quantitative estimate of drug-likeness (QED) is 0.319. The van der Waals surface area contributed by atoms with Crippen LogP contribution >= 0.6 is 0 Å². The largest absolute Gasteiger partial charge is 0.409 e. The highest BCUT2D eigenvalue weighted by Crippen LogP contribution is 2.08. The predicted octanol–water partition coefficient (Wildman–Crippen LogP) is 0.936. The Labute approximate surface area is 112 Å². The summed E-state index contributed by atoms with van der Waals surface area (Å²) in [6, 6.07) is 6.47. The van der Waals surface area contributed by atoms with Crippen molar-refractivity contribution in [3.8, 4) is 0 Å². The average Bonchev–Trinajstić information content (AvgIpc) is 2.37. The molecule has 0 aromatic heterocycles. The molecule has 1 rings (SSSR count). The molecule has 4 N–H and O–H groups in total.